The Balaban J connectivity index is 1.65. The highest BCUT2D eigenvalue weighted by atomic mass is 35.5. The van der Waals surface area contributed by atoms with Gasteiger partial charge in [0, 0.05) is 22.4 Å². The van der Waals surface area contributed by atoms with Gasteiger partial charge in [-0.3, -0.25) is 15.1 Å². The molecule has 0 radical (unpaired) electrons. The van der Waals surface area contributed by atoms with Crippen molar-refractivity contribution in [1.29, 1.82) is 0 Å². The van der Waals surface area contributed by atoms with Gasteiger partial charge in [0.2, 0.25) is 11.9 Å². The molecule has 0 aliphatic heterocycles. The van der Waals surface area contributed by atoms with Crippen molar-refractivity contribution in [2.75, 3.05) is 5.32 Å². The number of aromatic nitrogens is 4. The van der Waals surface area contributed by atoms with Gasteiger partial charge in [0.25, 0.3) is 5.56 Å². The number of anilines is 2. The Morgan fingerprint density at radius 3 is 2.40 bits per heavy atom. The van der Waals surface area contributed by atoms with Crippen LogP contribution in [0.4, 0.5) is 11.9 Å². The molecule has 0 atom stereocenters. The molecule has 0 saturated heterocycles. The lowest BCUT2D eigenvalue weighted by atomic mass is 10.1. The molecule has 0 unspecified atom stereocenters. The van der Waals surface area contributed by atoms with Gasteiger partial charge >= 0.3 is 0 Å². The molecule has 7 heteroatoms. The maximum Gasteiger partial charge on any atom is 0.256 e. The zero-order valence-electron chi connectivity index (χ0n) is 17.3. The molecule has 6 nitrogen and oxygen atoms in total. The number of nitrogens with one attached hydrogen (secondary N) is 2. The third-order valence-corrected chi connectivity index (χ3v) is 5.32. The van der Waals surface area contributed by atoms with Crippen molar-refractivity contribution in [1.82, 2.24) is 19.9 Å². The first kappa shape index (κ1) is 20.0. The lowest BCUT2D eigenvalue weighted by molar-refractivity contribution is 0.978. The van der Waals surface area contributed by atoms with Crippen molar-refractivity contribution in [2.45, 2.75) is 34.1 Å². The second kappa shape index (κ2) is 7.88. The van der Waals surface area contributed by atoms with Gasteiger partial charge < -0.3 is 0 Å². The summed E-state index contributed by atoms with van der Waals surface area (Å²) in [5.41, 5.74) is 6.07. The van der Waals surface area contributed by atoms with Gasteiger partial charge in [0.1, 0.15) is 0 Å². The Bertz CT molecular complexity index is 1310. The van der Waals surface area contributed by atoms with Crippen LogP contribution in [0.5, 0.6) is 0 Å². The highest BCUT2D eigenvalue weighted by Crippen LogP contribution is 2.23. The first-order valence-electron chi connectivity index (χ1n) is 9.67. The molecule has 0 aliphatic rings. The zero-order valence-corrected chi connectivity index (χ0v) is 18.1. The third-order valence-electron chi connectivity index (χ3n) is 5.07. The number of fused-ring (bicyclic) bond motifs is 1. The minimum absolute atomic E-state index is 0.190. The standard InChI is InChI=1S/C23H22ClN5O/c1-12-9-13(2)20-18(10-12)14(3)25-22(27-20)29-23-26-15(4)19(21(30)28-23)11-16-5-7-17(24)8-6-16/h5-10H,11H2,1-4H3,(H2,25,26,27,28,29,30). The molecule has 152 valence electrons. The summed E-state index contributed by atoms with van der Waals surface area (Å²) in [6, 6.07) is 11.6. The molecule has 2 N–H and O–H groups in total. The molecular formula is C23H22ClN5O. The largest absolute Gasteiger partial charge is 0.294 e. The summed E-state index contributed by atoms with van der Waals surface area (Å²) in [4.78, 5) is 29.2. The fourth-order valence-corrected chi connectivity index (χ4v) is 3.71. The summed E-state index contributed by atoms with van der Waals surface area (Å²) in [5, 5.41) is 4.74. The summed E-state index contributed by atoms with van der Waals surface area (Å²) < 4.78 is 0. The predicted molar refractivity (Wildman–Crippen MR) is 121 cm³/mol. The molecule has 0 spiro atoms. The van der Waals surface area contributed by atoms with Crippen LogP contribution in [-0.4, -0.2) is 19.9 Å². The van der Waals surface area contributed by atoms with Crippen LogP contribution in [0.1, 0.15) is 33.6 Å². The summed E-state index contributed by atoms with van der Waals surface area (Å²) in [6.45, 7) is 7.86. The average molecular weight is 420 g/mol. The van der Waals surface area contributed by atoms with Crippen molar-refractivity contribution in [3.63, 3.8) is 0 Å². The number of nitrogens with zero attached hydrogens (tertiary/aromatic N) is 3. The first-order valence-corrected chi connectivity index (χ1v) is 10.0. The molecule has 0 amide bonds. The molecule has 30 heavy (non-hydrogen) atoms. The van der Waals surface area contributed by atoms with Crippen molar-refractivity contribution in [3.05, 3.63) is 85.4 Å². The minimum atomic E-state index is -0.190. The van der Waals surface area contributed by atoms with Crippen molar-refractivity contribution >= 4 is 34.4 Å². The van der Waals surface area contributed by atoms with E-state index in [1.807, 2.05) is 45.0 Å². The summed E-state index contributed by atoms with van der Waals surface area (Å²) >= 11 is 5.94. The number of halogens is 1. The predicted octanol–water partition coefficient (Wildman–Crippen LogP) is 4.93. The van der Waals surface area contributed by atoms with Crippen LogP contribution in [0.15, 0.2) is 41.2 Å². The lowest BCUT2D eigenvalue weighted by Gasteiger charge is -2.11. The number of H-pyrrole nitrogens is 1. The summed E-state index contributed by atoms with van der Waals surface area (Å²) in [6.07, 6.45) is 0.482. The van der Waals surface area contributed by atoms with E-state index in [2.05, 4.69) is 44.3 Å². The van der Waals surface area contributed by atoms with Gasteiger partial charge in [-0.05, 0) is 57.0 Å². The summed E-state index contributed by atoms with van der Waals surface area (Å²) in [7, 11) is 0. The van der Waals surface area contributed by atoms with Crippen LogP contribution in [0, 0.1) is 27.7 Å². The Morgan fingerprint density at radius 1 is 0.967 bits per heavy atom. The second-order valence-electron chi connectivity index (χ2n) is 7.52. The number of rotatable bonds is 4. The van der Waals surface area contributed by atoms with Crippen molar-refractivity contribution < 1.29 is 0 Å². The second-order valence-corrected chi connectivity index (χ2v) is 7.95. The van der Waals surface area contributed by atoms with E-state index in [-0.39, 0.29) is 5.56 Å². The normalized spacial score (nSPS) is 11.1. The molecule has 4 aromatic rings. The maximum atomic E-state index is 12.7. The third kappa shape index (κ3) is 4.04. The fraction of sp³-hybridized carbons (Fsp3) is 0.217. The van der Waals surface area contributed by atoms with Crippen LogP contribution in [0.2, 0.25) is 5.02 Å². The average Bonchev–Trinajstić information content (AvgIpc) is 2.67. The van der Waals surface area contributed by atoms with Crippen molar-refractivity contribution in [3.8, 4) is 0 Å². The van der Waals surface area contributed by atoms with E-state index in [9.17, 15) is 4.79 Å². The zero-order chi connectivity index (χ0) is 21.4. The monoisotopic (exact) mass is 419 g/mol. The van der Waals surface area contributed by atoms with E-state index in [1.165, 1.54) is 5.56 Å². The number of aryl methyl sites for hydroxylation is 4. The van der Waals surface area contributed by atoms with Crippen LogP contribution in [0.3, 0.4) is 0 Å². The maximum absolute atomic E-state index is 12.7. The topological polar surface area (TPSA) is 83.6 Å². The van der Waals surface area contributed by atoms with Gasteiger partial charge in [-0.2, -0.15) is 0 Å². The Hall–Kier alpha value is -3.25. The fourth-order valence-electron chi connectivity index (χ4n) is 3.58. The molecule has 2 aromatic carbocycles. The van der Waals surface area contributed by atoms with Gasteiger partial charge in [-0.1, -0.05) is 35.4 Å². The molecule has 0 fully saturated rings. The number of hydrogen-bond acceptors (Lipinski definition) is 5. The summed E-state index contributed by atoms with van der Waals surface area (Å²) in [5.74, 6) is 0.723. The van der Waals surface area contributed by atoms with Gasteiger partial charge in [0.15, 0.2) is 0 Å². The van der Waals surface area contributed by atoms with Crippen LogP contribution < -0.4 is 10.9 Å². The number of benzene rings is 2. The van der Waals surface area contributed by atoms with Crippen LogP contribution in [0.25, 0.3) is 10.9 Å². The quantitative estimate of drug-likeness (QED) is 0.489. The molecule has 4 rings (SSSR count). The Kier molecular flexibility index (Phi) is 5.26. The van der Waals surface area contributed by atoms with E-state index < -0.39 is 0 Å². The van der Waals surface area contributed by atoms with Gasteiger partial charge in [-0.15, -0.1) is 0 Å². The van der Waals surface area contributed by atoms with Gasteiger partial charge in [0.05, 0.1) is 16.9 Å². The minimum Gasteiger partial charge on any atom is -0.294 e. The van der Waals surface area contributed by atoms with Gasteiger partial charge in [-0.25, -0.2) is 15.0 Å². The SMILES string of the molecule is Cc1cc(C)c2nc(Nc3nc(C)c(Cc4ccc(Cl)cc4)c(=O)[nH]3)nc(C)c2c1. The smallest absolute Gasteiger partial charge is 0.256 e. The molecule has 0 aliphatic carbocycles. The van der Waals surface area contributed by atoms with E-state index in [1.54, 1.807) is 0 Å². The van der Waals surface area contributed by atoms with E-state index >= 15 is 0 Å². The first-order chi connectivity index (χ1) is 14.3. The molecule has 0 saturated carbocycles. The Labute approximate surface area is 179 Å². The van der Waals surface area contributed by atoms with E-state index in [0.717, 1.165) is 27.7 Å². The Morgan fingerprint density at radius 2 is 1.70 bits per heavy atom. The molecule has 2 heterocycles. The highest BCUT2D eigenvalue weighted by molar-refractivity contribution is 6.30. The molecule has 2 aromatic heterocycles. The molecule has 0 bridgehead atoms. The van der Waals surface area contributed by atoms with Crippen LogP contribution >= 0.6 is 11.6 Å². The lowest BCUT2D eigenvalue weighted by Crippen LogP contribution is -2.19. The van der Waals surface area contributed by atoms with Crippen molar-refractivity contribution in [2.24, 2.45) is 0 Å². The molecular weight excluding hydrogens is 398 g/mol. The highest BCUT2D eigenvalue weighted by Gasteiger charge is 2.12. The number of aromatic amines is 1. The number of hydrogen-bond donors (Lipinski definition) is 2. The van der Waals surface area contributed by atoms with Crippen LogP contribution in [-0.2, 0) is 6.42 Å². The van der Waals surface area contributed by atoms with E-state index in [0.29, 0.717) is 34.6 Å². The van der Waals surface area contributed by atoms with E-state index in [4.69, 9.17) is 11.6 Å².